The highest BCUT2D eigenvalue weighted by Crippen LogP contribution is 2.25. The molecule has 1 atom stereocenters. The maximum absolute atomic E-state index is 13.1. The van der Waals surface area contributed by atoms with Crippen molar-refractivity contribution in [1.29, 1.82) is 0 Å². The molecule has 1 unspecified atom stereocenters. The van der Waals surface area contributed by atoms with Crippen LogP contribution >= 0.6 is 11.5 Å². The molecular formula is C22H22F2N4OS. The minimum Gasteiger partial charge on any atom is -0.352 e. The summed E-state index contributed by atoms with van der Waals surface area (Å²) in [5.41, 5.74) is 1.82. The van der Waals surface area contributed by atoms with Crippen molar-refractivity contribution in [2.24, 2.45) is 5.92 Å². The van der Waals surface area contributed by atoms with Gasteiger partial charge in [0.2, 0.25) is 11.0 Å². The molecule has 2 aromatic carbocycles. The van der Waals surface area contributed by atoms with E-state index in [2.05, 4.69) is 19.6 Å². The third-order valence-electron chi connectivity index (χ3n) is 5.18. The predicted molar refractivity (Wildman–Crippen MR) is 112 cm³/mol. The standard InChI is InChI=1S/C22H22F2N4OS/c23-18-7-3-15(4-8-18)12-20-26-22(30-27-20)28-11-1-2-17(14-28)21(29)25-13-16-5-9-19(24)10-6-16/h3-10,17H,1-2,11-14H2,(H,25,29). The van der Waals surface area contributed by atoms with E-state index in [9.17, 15) is 13.6 Å². The molecule has 4 rings (SSSR count). The second-order valence-electron chi connectivity index (χ2n) is 7.43. The molecule has 1 aromatic heterocycles. The third-order valence-corrected chi connectivity index (χ3v) is 5.99. The van der Waals surface area contributed by atoms with E-state index >= 15 is 0 Å². The van der Waals surface area contributed by atoms with E-state index in [1.54, 1.807) is 24.3 Å². The van der Waals surface area contributed by atoms with Gasteiger partial charge in [0.25, 0.3) is 0 Å². The quantitative estimate of drug-likeness (QED) is 0.646. The van der Waals surface area contributed by atoms with E-state index in [1.165, 1.54) is 35.8 Å². The van der Waals surface area contributed by atoms with Crippen LogP contribution in [0.25, 0.3) is 0 Å². The molecule has 1 saturated heterocycles. The molecule has 156 valence electrons. The molecule has 3 aromatic rings. The van der Waals surface area contributed by atoms with Crippen LogP contribution in [0.2, 0.25) is 0 Å². The highest BCUT2D eigenvalue weighted by atomic mass is 32.1. The lowest BCUT2D eigenvalue weighted by Crippen LogP contribution is -2.43. The topological polar surface area (TPSA) is 58.1 Å². The zero-order valence-electron chi connectivity index (χ0n) is 16.4. The molecule has 8 heteroatoms. The van der Waals surface area contributed by atoms with Gasteiger partial charge in [-0.1, -0.05) is 24.3 Å². The lowest BCUT2D eigenvalue weighted by atomic mass is 9.97. The smallest absolute Gasteiger partial charge is 0.225 e. The molecule has 1 aliphatic rings. The van der Waals surface area contributed by atoms with Crippen LogP contribution in [0.4, 0.5) is 13.9 Å². The lowest BCUT2D eigenvalue weighted by Gasteiger charge is -2.31. The molecule has 1 fully saturated rings. The molecule has 0 radical (unpaired) electrons. The van der Waals surface area contributed by atoms with Crippen LogP contribution in [0.1, 0.15) is 29.8 Å². The number of nitrogens with one attached hydrogen (secondary N) is 1. The Hall–Kier alpha value is -2.87. The van der Waals surface area contributed by atoms with Crippen LogP contribution in [-0.4, -0.2) is 28.4 Å². The Bertz CT molecular complexity index is 991. The van der Waals surface area contributed by atoms with E-state index in [0.29, 0.717) is 25.3 Å². The molecule has 30 heavy (non-hydrogen) atoms. The van der Waals surface area contributed by atoms with Crippen molar-refractivity contribution >= 4 is 22.6 Å². The van der Waals surface area contributed by atoms with Crippen molar-refractivity contribution in [3.05, 3.63) is 77.1 Å². The lowest BCUT2D eigenvalue weighted by molar-refractivity contribution is -0.125. The first-order valence-corrected chi connectivity index (χ1v) is 10.7. The van der Waals surface area contributed by atoms with Crippen molar-refractivity contribution in [3.63, 3.8) is 0 Å². The van der Waals surface area contributed by atoms with Crippen molar-refractivity contribution in [1.82, 2.24) is 14.7 Å². The van der Waals surface area contributed by atoms with E-state index in [4.69, 9.17) is 0 Å². The Balaban J connectivity index is 1.33. The highest BCUT2D eigenvalue weighted by molar-refractivity contribution is 7.09. The average Bonchev–Trinajstić information content (AvgIpc) is 3.23. The fourth-order valence-corrected chi connectivity index (χ4v) is 4.25. The second kappa shape index (κ2) is 9.30. The van der Waals surface area contributed by atoms with Crippen LogP contribution in [0.3, 0.4) is 0 Å². The molecule has 0 aliphatic carbocycles. The van der Waals surface area contributed by atoms with Gasteiger partial charge in [-0.25, -0.2) is 13.8 Å². The summed E-state index contributed by atoms with van der Waals surface area (Å²) in [4.78, 5) is 19.3. The van der Waals surface area contributed by atoms with Crippen LogP contribution in [-0.2, 0) is 17.8 Å². The van der Waals surface area contributed by atoms with Gasteiger partial charge >= 0.3 is 0 Å². The number of amides is 1. The first kappa shape index (κ1) is 20.4. The van der Waals surface area contributed by atoms with Gasteiger partial charge in [0.15, 0.2) is 0 Å². The fourth-order valence-electron chi connectivity index (χ4n) is 3.53. The third kappa shape index (κ3) is 5.18. The minimum atomic E-state index is -0.288. The van der Waals surface area contributed by atoms with Crippen molar-refractivity contribution in [2.45, 2.75) is 25.8 Å². The van der Waals surface area contributed by atoms with Gasteiger partial charge in [-0.3, -0.25) is 4.79 Å². The van der Waals surface area contributed by atoms with Gasteiger partial charge in [-0.15, -0.1) is 0 Å². The summed E-state index contributed by atoms with van der Waals surface area (Å²) in [6.45, 7) is 1.82. The number of carbonyl (C=O) groups excluding carboxylic acids is 1. The molecule has 0 spiro atoms. The summed E-state index contributed by atoms with van der Waals surface area (Å²) in [5, 5.41) is 3.76. The normalized spacial score (nSPS) is 16.5. The molecule has 1 amide bonds. The summed E-state index contributed by atoms with van der Waals surface area (Å²) in [7, 11) is 0. The molecule has 5 nitrogen and oxygen atoms in total. The number of nitrogens with zero attached hydrogens (tertiary/aromatic N) is 3. The van der Waals surface area contributed by atoms with Gasteiger partial charge in [0.1, 0.15) is 17.5 Å². The summed E-state index contributed by atoms with van der Waals surface area (Å²) >= 11 is 1.33. The maximum Gasteiger partial charge on any atom is 0.225 e. The van der Waals surface area contributed by atoms with Gasteiger partial charge in [-0.2, -0.15) is 4.37 Å². The van der Waals surface area contributed by atoms with Gasteiger partial charge in [0, 0.05) is 37.6 Å². The van der Waals surface area contributed by atoms with Crippen LogP contribution < -0.4 is 10.2 Å². The number of benzene rings is 2. The van der Waals surface area contributed by atoms with E-state index in [-0.39, 0.29) is 23.5 Å². The summed E-state index contributed by atoms with van der Waals surface area (Å²) in [6, 6.07) is 12.5. The number of anilines is 1. The SMILES string of the molecule is O=C(NCc1ccc(F)cc1)C1CCCN(c2nc(Cc3ccc(F)cc3)ns2)C1. The second-order valence-corrected chi connectivity index (χ2v) is 8.16. The Morgan fingerprint density at radius 2 is 1.73 bits per heavy atom. The number of carbonyl (C=O) groups is 1. The van der Waals surface area contributed by atoms with Gasteiger partial charge < -0.3 is 10.2 Å². The monoisotopic (exact) mass is 428 g/mol. The molecule has 0 saturated carbocycles. The molecule has 2 heterocycles. The zero-order valence-corrected chi connectivity index (χ0v) is 17.2. The minimum absolute atomic E-state index is 0.0000703. The maximum atomic E-state index is 13.1. The predicted octanol–water partition coefficient (Wildman–Crippen LogP) is 3.94. The number of halogens is 2. The Morgan fingerprint density at radius 1 is 1.07 bits per heavy atom. The Kier molecular flexibility index (Phi) is 6.32. The zero-order chi connectivity index (χ0) is 20.9. The number of hydrogen-bond acceptors (Lipinski definition) is 5. The van der Waals surface area contributed by atoms with Crippen molar-refractivity contribution < 1.29 is 13.6 Å². The molecule has 1 N–H and O–H groups in total. The summed E-state index contributed by atoms with van der Waals surface area (Å²) in [5.74, 6) is 0.0276. The van der Waals surface area contributed by atoms with E-state index in [1.807, 2.05) is 0 Å². The van der Waals surface area contributed by atoms with E-state index in [0.717, 1.165) is 35.6 Å². The van der Waals surface area contributed by atoms with Gasteiger partial charge in [-0.05, 0) is 48.2 Å². The first-order valence-electron chi connectivity index (χ1n) is 9.91. The van der Waals surface area contributed by atoms with Gasteiger partial charge in [0.05, 0.1) is 5.92 Å². The first-order chi connectivity index (χ1) is 14.6. The van der Waals surface area contributed by atoms with Crippen LogP contribution in [0.15, 0.2) is 48.5 Å². The Morgan fingerprint density at radius 3 is 2.43 bits per heavy atom. The van der Waals surface area contributed by atoms with Crippen LogP contribution in [0, 0.1) is 17.6 Å². The largest absolute Gasteiger partial charge is 0.352 e. The Labute approximate surface area is 177 Å². The summed E-state index contributed by atoms with van der Waals surface area (Å²) < 4.78 is 30.5. The fraction of sp³-hybridized carbons (Fsp3) is 0.318. The summed E-state index contributed by atoms with van der Waals surface area (Å²) in [6.07, 6.45) is 2.28. The number of rotatable bonds is 6. The number of aromatic nitrogens is 2. The van der Waals surface area contributed by atoms with E-state index < -0.39 is 0 Å². The molecular weight excluding hydrogens is 406 g/mol. The number of hydrogen-bond donors (Lipinski definition) is 1. The highest BCUT2D eigenvalue weighted by Gasteiger charge is 2.27. The van der Waals surface area contributed by atoms with Crippen molar-refractivity contribution in [2.75, 3.05) is 18.0 Å². The number of piperidine rings is 1. The van der Waals surface area contributed by atoms with Crippen LogP contribution in [0.5, 0.6) is 0 Å². The molecule has 0 bridgehead atoms. The van der Waals surface area contributed by atoms with Crippen molar-refractivity contribution in [3.8, 4) is 0 Å². The molecule has 1 aliphatic heterocycles. The average molecular weight is 429 g/mol.